The molecule has 0 saturated carbocycles. The van der Waals surface area contributed by atoms with Crippen molar-refractivity contribution in [3.63, 3.8) is 0 Å². The van der Waals surface area contributed by atoms with Crippen molar-refractivity contribution in [2.75, 3.05) is 10.7 Å². The molecule has 0 saturated heterocycles. The summed E-state index contributed by atoms with van der Waals surface area (Å²) >= 11 is 0. The molecule has 1 heterocycles. The van der Waals surface area contributed by atoms with Crippen molar-refractivity contribution >= 4 is 23.0 Å². The van der Waals surface area contributed by atoms with Gasteiger partial charge in [0.2, 0.25) is 0 Å². The molecule has 3 aromatic rings. The predicted octanol–water partition coefficient (Wildman–Crippen LogP) is 5.94. The fourth-order valence-corrected chi connectivity index (χ4v) is 3.96. The normalized spacial score (nSPS) is 16.2. The second-order valence-electron chi connectivity index (χ2n) is 8.68. The molecular weight excluding hydrogens is 374 g/mol. The summed E-state index contributed by atoms with van der Waals surface area (Å²) in [5, 5.41) is 7.68. The van der Waals surface area contributed by atoms with Gasteiger partial charge in [0.15, 0.2) is 5.76 Å². The zero-order valence-corrected chi connectivity index (χ0v) is 17.9. The number of nitrogens with one attached hydrogen (secondary N) is 2. The van der Waals surface area contributed by atoms with Gasteiger partial charge in [-0.2, -0.15) is 5.10 Å². The Morgan fingerprint density at radius 3 is 2.43 bits per heavy atom. The average Bonchev–Trinajstić information content (AvgIpc) is 3.04. The zero-order chi connectivity index (χ0) is 21.3. The Bertz CT molecular complexity index is 1110. The van der Waals surface area contributed by atoms with Crippen molar-refractivity contribution < 1.29 is 9.21 Å². The maximum Gasteiger partial charge on any atom is 0.291 e. The van der Waals surface area contributed by atoms with E-state index in [4.69, 9.17) is 9.52 Å². The van der Waals surface area contributed by atoms with Crippen molar-refractivity contribution in [1.29, 1.82) is 0 Å². The van der Waals surface area contributed by atoms with Crippen LogP contribution in [0.25, 0.3) is 0 Å². The van der Waals surface area contributed by atoms with E-state index in [9.17, 15) is 4.79 Å². The monoisotopic (exact) mass is 401 g/mol. The first-order chi connectivity index (χ1) is 14.3. The van der Waals surface area contributed by atoms with Gasteiger partial charge >= 0.3 is 0 Å². The quantitative estimate of drug-likeness (QED) is 0.532. The fourth-order valence-electron chi connectivity index (χ4n) is 3.96. The van der Waals surface area contributed by atoms with Crippen LogP contribution in [0, 0.1) is 19.3 Å². The molecule has 30 heavy (non-hydrogen) atoms. The van der Waals surface area contributed by atoms with Crippen molar-refractivity contribution in [2.24, 2.45) is 10.5 Å². The minimum Gasteiger partial charge on any atom is -0.455 e. The molecule has 0 aliphatic heterocycles. The van der Waals surface area contributed by atoms with Crippen LogP contribution in [-0.2, 0) is 6.42 Å². The van der Waals surface area contributed by atoms with Crippen molar-refractivity contribution in [1.82, 2.24) is 0 Å². The average molecular weight is 402 g/mol. The lowest BCUT2D eigenvalue weighted by molar-refractivity contribution is 0.0992. The lowest BCUT2D eigenvalue weighted by atomic mass is 9.75. The Morgan fingerprint density at radius 2 is 1.70 bits per heavy atom. The Balaban J connectivity index is 1.68. The van der Waals surface area contributed by atoms with Crippen LogP contribution >= 0.6 is 0 Å². The Kier molecular flexibility index (Phi) is 5.20. The topological polar surface area (TPSA) is 66.6 Å². The van der Waals surface area contributed by atoms with Gasteiger partial charge in [0.05, 0.1) is 11.4 Å². The van der Waals surface area contributed by atoms with E-state index in [0.717, 1.165) is 52.4 Å². The lowest BCUT2D eigenvalue weighted by Gasteiger charge is -2.29. The van der Waals surface area contributed by atoms with Crippen LogP contribution in [0.3, 0.4) is 0 Å². The van der Waals surface area contributed by atoms with Gasteiger partial charge in [-0.25, -0.2) is 0 Å². The molecule has 0 fully saturated rings. The zero-order valence-electron chi connectivity index (χ0n) is 17.9. The number of rotatable bonds is 4. The number of fused-ring (bicyclic) bond motifs is 1. The van der Waals surface area contributed by atoms with E-state index < -0.39 is 0 Å². The van der Waals surface area contributed by atoms with E-state index in [-0.39, 0.29) is 11.3 Å². The molecule has 2 aromatic carbocycles. The van der Waals surface area contributed by atoms with E-state index in [0.29, 0.717) is 5.76 Å². The molecule has 0 bridgehead atoms. The number of amides is 1. The van der Waals surface area contributed by atoms with Crippen molar-refractivity contribution in [2.45, 2.75) is 40.5 Å². The largest absolute Gasteiger partial charge is 0.455 e. The smallest absolute Gasteiger partial charge is 0.291 e. The molecule has 5 nitrogen and oxygen atoms in total. The first-order valence-corrected chi connectivity index (χ1v) is 10.2. The minimum atomic E-state index is -0.232. The van der Waals surface area contributed by atoms with Gasteiger partial charge in [-0.1, -0.05) is 50.2 Å². The third-order valence-corrected chi connectivity index (χ3v) is 5.49. The summed E-state index contributed by atoms with van der Waals surface area (Å²) in [5.41, 5.74) is 8.58. The van der Waals surface area contributed by atoms with Gasteiger partial charge in [-0.3, -0.25) is 10.2 Å². The van der Waals surface area contributed by atoms with Crippen molar-refractivity contribution in [3.8, 4) is 0 Å². The Morgan fingerprint density at radius 1 is 1.00 bits per heavy atom. The highest BCUT2D eigenvalue weighted by Gasteiger charge is 2.36. The first-order valence-electron chi connectivity index (χ1n) is 10.2. The Labute approximate surface area is 177 Å². The second-order valence-corrected chi connectivity index (χ2v) is 8.68. The molecule has 0 unspecified atom stereocenters. The Hall–Kier alpha value is -3.34. The third-order valence-electron chi connectivity index (χ3n) is 5.49. The van der Waals surface area contributed by atoms with Crippen LogP contribution in [0.5, 0.6) is 0 Å². The maximum absolute atomic E-state index is 13.0. The number of furan rings is 1. The molecule has 154 valence electrons. The maximum atomic E-state index is 13.0. The number of hydrogen-bond donors (Lipinski definition) is 2. The summed E-state index contributed by atoms with van der Waals surface area (Å²) in [6, 6.07) is 17.6. The highest BCUT2D eigenvalue weighted by atomic mass is 16.4. The van der Waals surface area contributed by atoms with Gasteiger partial charge in [-0.15, -0.1) is 0 Å². The molecule has 1 aromatic heterocycles. The minimum absolute atomic E-state index is 0.00173. The van der Waals surface area contributed by atoms with E-state index in [1.165, 1.54) is 0 Å². The molecule has 5 heteroatoms. The van der Waals surface area contributed by atoms with E-state index in [2.05, 4.69) is 24.6 Å². The number of anilines is 2. The number of carbonyl (C=O) groups excluding carboxylic acids is 1. The van der Waals surface area contributed by atoms with Crippen LogP contribution in [0.2, 0.25) is 0 Å². The number of hydrogen-bond acceptors (Lipinski definition) is 4. The SMILES string of the molecule is Cc1ccccc1NC(=O)c1oc2c(c1C)/C(=N\Nc1ccccc1)CC(C)(C)C2. The van der Waals surface area contributed by atoms with E-state index in [1.807, 2.05) is 68.4 Å². The number of hydrazone groups is 1. The lowest BCUT2D eigenvalue weighted by Crippen LogP contribution is -2.27. The summed E-state index contributed by atoms with van der Waals surface area (Å²) in [5.74, 6) is 0.949. The van der Waals surface area contributed by atoms with Gasteiger partial charge in [0.1, 0.15) is 5.76 Å². The fraction of sp³-hybridized carbons (Fsp3) is 0.280. The molecule has 0 atom stereocenters. The first kappa shape index (κ1) is 20.0. The third kappa shape index (κ3) is 4.01. The van der Waals surface area contributed by atoms with Gasteiger partial charge in [0.25, 0.3) is 5.91 Å². The predicted molar refractivity (Wildman–Crippen MR) is 121 cm³/mol. The molecule has 0 spiro atoms. The van der Waals surface area contributed by atoms with E-state index >= 15 is 0 Å². The van der Waals surface area contributed by atoms with Gasteiger partial charge in [-0.05, 0) is 49.4 Å². The van der Waals surface area contributed by atoms with E-state index in [1.54, 1.807) is 0 Å². The molecule has 1 aliphatic carbocycles. The standard InChI is InChI=1S/C25H27N3O2/c1-16-10-8-9-13-19(16)26-24(29)23-17(2)22-20(14-25(3,4)15-21(22)30-23)28-27-18-11-6-5-7-12-18/h5-13,27H,14-15H2,1-4H3,(H,26,29)/b28-20-. The summed E-state index contributed by atoms with van der Waals surface area (Å²) in [4.78, 5) is 13.0. The van der Waals surface area contributed by atoms with Crippen LogP contribution in [0.1, 0.15) is 53.3 Å². The number of benzene rings is 2. The highest BCUT2D eigenvalue weighted by molar-refractivity contribution is 6.09. The van der Waals surface area contributed by atoms with Crippen LogP contribution < -0.4 is 10.7 Å². The van der Waals surface area contributed by atoms with Gasteiger partial charge < -0.3 is 9.73 Å². The van der Waals surface area contributed by atoms with Crippen LogP contribution in [0.4, 0.5) is 11.4 Å². The molecular formula is C25H27N3O2. The summed E-state index contributed by atoms with van der Waals surface area (Å²) < 4.78 is 6.11. The number of aryl methyl sites for hydroxylation is 1. The molecule has 0 radical (unpaired) electrons. The summed E-state index contributed by atoms with van der Waals surface area (Å²) in [6.07, 6.45) is 1.57. The summed E-state index contributed by atoms with van der Waals surface area (Å²) in [7, 11) is 0. The molecule has 4 rings (SSSR count). The van der Waals surface area contributed by atoms with Crippen molar-refractivity contribution in [3.05, 3.63) is 82.8 Å². The second kappa shape index (κ2) is 7.82. The molecule has 1 amide bonds. The molecule has 2 N–H and O–H groups in total. The number of carbonyl (C=O) groups is 1. The van der Waals surface area contributed by atoms with Gasteiger partial charge in [0, 0.05) is 23.2 Å². The highest BCUT2D eigenvalue weighted by Crippen LogP contribution is 2.39. The van der Waals surface area contributed by atoms with Crippen LogP contribution in [-0.4, -0.2) is 11.6 Å². The number of para-hydroxylation sites is 2. The summed E-state index contributed by atoms with van der Waals surface area (Å²) in [6.45, 7) is 8.29. The number of nitrogens with zero attached hydrogens (tertiary/aromatic N) is 1. The van der Waals surface area contributed by atoms with Crippen LogP contribution in [0.15, 0.2) is 64.1 Å². The molecule has 1 aliphatic rings.